The topological polar surface area (TPSA) is 68.0 Å². The molecule has 1 aromatic rings. The third-order valence-electron chi connectivity index (χ3n) is 4.59. The maximum atomic E-state index is 11.4. The first kappa shape index (κ1) is 19.8. The number of nitrogens with two attached hydrogens (primary N) is 1. The normalized spacial score (nSPS) is 22.4. The van der Waals surface area contributed by atoms with Gasteiger partial charge in [-0.05, 0) is 38.4 Å². The molecule has 1 fully saturated rings. The molecule has 0 radical (unpaired) electrons. The molecule has 1 unspecified atom stereocenters. The molecule has 2 rings (SSSR count). The number of anilines is 1. The van der Waals surface area contributed by atoms with Crippen LogP contribution in [0.1, 0.15) is 20.8 Å². The summed E-state index contributed by atoms with van der Waals surface area (Å²) in [5.41, 5.74) is 6.11. The van der Waals surface area contributed by atoms with Crippen molar-refractivity contribution < 1.29 is 14.1 Å². The zero-order valence-corrected chi connectivity index (χ0v) is 16.1. The Morgan fingerprint density at radius 1 is 1.24 bits per heavy atom. The zero-order chi connectivity index (χ0) is 18.8. The predicted octanol–water partition coefficient (Wildman–Crippen LogP) is 1.57. The molecule has 2 N–H and O–H groups in total. The lowest BCUT2D eigenvalue weighted by Gasteiger charge is -2.35. The van der Waals surface area contributed by atoms with Gasteiger partial charge in [0.15, 0.2) is 0 Å². The van der Waals surface area contributed by atoms with Crippen LogP contribution >= 0.6 is 11.6 Å². The van der Waals surface area contributed by atoms with Crippen LogP contribution in [0.2, 0.25) is 5.02 Å². The van der Waals surface area contributed by atoms with Gasteiger partial charge in [0, 0.05) is 33.0 Å². The molecule has 0 aromatic heterocycles. The van der Waals surface area contributed by atoms with Crippen LogP contribution < -0.4 is 16.1 Å². The van der Waals surface area contributed by atoms with Crippen LogP contribution in [0.25, 0.3) is 0 Å². The van der Waals surface area contributed by atoms with Gasteiger partial charge in [0.1, 0.15) is 0 Å². The standard InChI is InChI=1S/C17H25BClN3O3/c1-16(2)17(3,11-20)25-18(24-16)13-6-7-15(14(19)10-13)22(12-23)9-8-21(4)5/h6-10,12H,11,20H2,1-5H3/b9-8-. The third kappa shape index (κ3) is 4.01. The van der Waals surface area contributed by atoms with Gasteiger partial charge in [0.05, 0.1) is 21.9 Å². The minimum Gasteiger partial charge on any atom is -0.399 e. The fourth-order valence-electron chi connectivity index (χ4n) is 2.48. The number of halogens is 1. The van der Waals surface area contributed by atoms with E-state index < -0.39 is 18.3 Å². The summed E-state index contributed by atoms with van der Waals surface area (Å²) in [7, 11) is 3.18. The molecule has 1 saturated heterocycles. The molecule has 1 aromatic carbocycles. The first-order valence-electron chi connectivity index (χ1n) is 8.07. The van der Waals surface area contributed by atoms with Gasteiger partial charge in [-0.2, -0.15) is 0 Å². The van der Waals surface area contributed by atoms with E-state index in [4.69, 9.17) is 26.6 Å². The molecule has 1 amide bonds. The monoisotopic (exact) mass is 365 g/mol. The molecule has 1 heterocycles. The summed E-state index contributed by atoms with van der Waals surface area (Å²) >= 11 is 6.39. The van der Waals surface area contributed by atoms with Crippen molar-refractivity contribution in [3.63, 3.8) is 0 Å². The van der Waals surface area contributed by atoms with Gasteiger partial charge in [0.25, 0.3) is 0 Å². The van der Waals surface area contributed by atoms with E-state index in [0.717, 1.165) is 5.46 Å². The largest absolute Gasteiger partial charge is 0.494 e. The number of rotatable bonds is 6. The van der Waals surface area contributed by atoms with Crippen molar-refractivity contribution in [1.82, 2.24) is 4.90 Å². The van der Waals surface area contributed by atoms with Gasteiger partial charge >= 0.3 is 7.12 Å². The van der Waals surface area contributed by atoms with E-state index in [-0.39, 0.29) is 0 Å². The number of hydrogen-bond donors (Lipinski definition) is 1. The lowest BCUT2D eigenvalue weighted by molar-refractivity contribution is -0.106. The molecule has 0 aliphatic carbocycles. The predicted molar refractivity (Wildman–Crippen MR) is 102 cm³/mol. The van der Waals surface area contributed by atoms with Gasteiger partial charge < -0.3 is 19.9 Å². The van der Waals surface area contributed by atoms with Crippen LogP contribution in [-0.4, -0.2) is 50.3 Å². The summed E-state index contributed by atoms with van der Waals surface area (Å²) in [4.78, 5) is 14.6. The number of carbonyl (C=O) groups excluding carboxylic acids is 1. The zero-order valence-electron chi connectivity index (χ0n) is 15.3. The molecule has 0 saturated carbocycles. The van der Waals surface area contributed by atoms with Crippen molar-refractivity contribution in [2.24, 2.45) is 5.73 Å². The smallest absolute Gasteiger partial charge is 0.399 e. The molecule has 8 heteroatoms. The first-order valence-corrected chi connectivity index (χ1v) is 8.45. The maximum Gasteiger partial charge on any atom is 0.494 e. The van der Waals surface area contributed by atoms with Crippen molar-refractivity contribution in [3.8, 4) is 0 Å². The summed E-state index contributed by atoms with van der Waals surface area (Å²) < 4.78 is 12.1. The van der Waals surface area contributed by atoms with Crippen LogP contribution in [0.5, 0.6) is 0 Å². The SMILES string of the molecule is CN(C)/C=C\N(C=O)c1ccc(B2OC(C)(C)C(C)(CN)O2)cc1Cl. The quantitative estimate of drug-likeness (QED) is 0.612. The highest BCUT2D eigenvalue weighted by Crippen LogP contribution is 2.36. The molecular formula is C17H25BClN3O3. The summed E-state index contributed by atoms with van der Waals surface area (Å²) in [5, 5.41) is 0.430. The highest BCUT2D eigenvalue weighted by Gasteiger charge is 2.53. The van der Waals surface area contributed by atoms with Crippen LogP contribution in [0, 0.1) is 0 Å². The Labute approximate surface area is 154 Å². The average Bonchev–Trinajstić information content (AvgIpc) is 2.79. The highest BCUT2D eigenvalue weighted by atomic mass is 35.5. The fourth-order valence-corrected chi connectivity index (χ4v) is 2.77. The molecule has 0 spiro atoms. The molecular weight excluding hydrogens is 340 g/mol. The lowest BCUT2D eigenvalue weighted by atomic mass is 9.79. The second kappa shape index (κ2) is 7.37. The van der Waals surface area contributed by atoms with Crippen molar-refractivity contribution in [2.45, 2.75) is 32.0 Å². The van der Waals surface area contributed by atoms with Gasteiger partial charge in [-0.3, -0.25) is 9.69 Å². The maximum absolute atomic E-state index is 11.4. The van der Waals surface area contributed by atoms with Crippen molar-refractivity contribution in [2.75, 3.05) is 25.5 Å². The van der Waals surface area contributed by atoms with E-state index in [2.05, 4.69) is 0 Å². The second-order valence-electron chi connectivity index (χ2n) is 7.00. The first-order chi connectivity index (χ1) is 11.6. The highest BCUT2D eigenvalue weighted by molar-refractivity contribution is 6.62. The van der Waals surface area contributed by atoms with Crippen LogP contribution in [-0.2, 0) is 14.1 Å². The summed E-state index contributed by atoms with van der Waals surface area (Å²) in [6.45, 7) is 6.19. The third-order valence-corrected chi connectivity index (χ3v) is 4.90. The second-order valence-corrected chi connectivity index (χ2v) is 7.41. The summed E-state index contributed by atoms with van der Waals surface area (Å²) in [6.07, 6.45) is 4.11. The minimum atomic E-state index is -0.591. The average molecular weight is 366 g/mol. The van der Waals surface area contributed by atoms with Crippen LogP contribution in [0.3, 0.4) is 0 Å². The van der Waals surface area contributed by atoms with E-state index in [9.17, 15) is 4.79 Å². The van der Waals surface area contributed by atoms with Crippen molar-refractivity contribution >= 4 is 36.3 Å². The molecule has 1 atom stereocenters. The van der Waals surface area contributed by atoms with Gasteiger partial charge in [0.2, 0.25) is 6.41 Å². The number of carbonyl (C=O) groups is 1. The Hall–Kier alpha value is -1.54. The Kier molecular flexibility index (Phi) is 5.84. The van der Waals surface area contributed by atoms with Crippen LogP contribution in [0.4, 0.5) is 5.69 Å². The van der Waals surface area contributed by atoms with Crippen molar-refractivity contribution in [1.29, 1.82) is 0 Å². The van der Waals surface area contributed by atoms with Gasteiger partial charge in [-0.15, -0.1) is 0 Å². The van der Waals surface area contributed by atoms with E-state index in [1.807, 2.05) is 45.8 Å². The number of amides is 1. The lowest BCUT2D eigenvalue weighted by Crippen LogP contribution is -2.50. The molecule has 1 aliphatic rings. The Balaban J connectivity index is 2.27. The van der Waals surface area contributed by atoms with E-state index in [1.54, 1.807) is 24.5 Å². The summed E-state index contributed by atoms with van der Waals surface area (Å²) in [6, 6.07) is 5.36. The Morgan fingerprint density at radius 3 is 2.40 bits per heavy atom. The van der Waals surface area contributed by atoms with E-state index in [1.165, 1.54) is 4.90 Å². The molecule has 1 aliphatic heterocycles. The van der Waals surface area contributed by atoms with Gasteiger partial charge in [-0.1, -0.05) is 17.7 Å². The Morgan fingerprint density at radius 2 is 1.92 bits per heavy atom. The fraction of sp³-hybridized carbons (Fsp3) is 0.471. The molecule has 0 bridgehead atoms. The molecule has 6 nitrogen and oxygen atoms in total. The van der Waals surface area contributed by atoms with Gasteiger partial charge in [-0.25, -0.2) is 0 Å². The van der Waals surface area contributed by atoms with Crippen LogP contribution in [0.15, 0.2) is 30.6 Å². The van der Waals surface area contributed by atoms with Crippen molar-refractivity contribution in [3.05, 3.63) is 35.6 Å². The summed E-state index contributed by atoms with van der Waals surface area (Å²) in [5.74, 6) is 0. The Bertz CT molecular complexity index is 669. The number of nitrogens with zero attached hydrogens (tertiary/aromatic N) is 2. The molecule has 25 heavy (non-hydrogen) atoms. The number of hydrogen-bond acceptors (Lipinski definition) is 5. The minimum absolute atomic E-state index is 0.344. The van der Waals surface area contributed by atoms with E-state index in [0.29, 0.717) is 23.7 Å². The number of benzene rings is 1. The molecule has 136 valence electrons. The van der Waals surface area contributed by atoms with E-state index >= 15 is 0 Å².